The number of likely N-dealkylation sites (tertiary alicyclic amines) is 1. The normalized spacial score (nSPS) is 22.3. The van der Waals surface area contributed by atoms with Gasteiger partial charge in [-0.3, -0.25) is 19.2 Å². The average molecular weight is 418 g/mol. The van der Waals surface area contributed by atoms with Crippen LogP contribution in [0.2, 0.25) is 0 Å². The van der Waals surface area contributed by atoms with Gasteiger partial charge in [-0.2, -0.15) is 0 Å². The zero-order chi connectivity index (χ0) is 21.3. The molecular weight excluding hydrogens is 392 g/mol. The maximum absolute atomic E-state index is 13.1. The number of esters is 1. The van der Waals surface area contributed by atoms with Crippen LogP contribution in [0.5, 0.6) is 11.5 Å². The summed E-state index contributed by atoms with van der Waals surface area (Å²) in [5, 5.41) is 1.36. The van der Waals surface area contributed by atoms with Gasteiger partial charge in [0.1, 0.15) is 13.2 Å². The van der Waals surface area contributed by atoms with Gasteiger partial charge in [-0.05, 0) is 38.0 Å². The van der Waals surface area contributed by atoms with Crippen molar-refractivity contribution in [3.8, 4) is 11.5 Å². The van der Waals surface area contributed by atoms with Crippen LogP contribution in [-0.4, -0.2) is 73.3 Å². The number of ether oxygens (including phenoxy) is 3. The number of fused-ring (bicyclic) bond motifs is 1. The van der Waals surface area contributed by atoms with Crippen molar-refractivity contribution >= 4 is 17.8 Å². The molecule has 30 heavy (non-hydrogen) atoms. The van der Waals surface area contributed by atoms with Gasteiger partial charge in [0.15, 0.2) is 11.5 Å². The predicted molar refractivity (Wildman–Crippen MR) is 104 cm³/mol. The molecule has 0 saturated carbocycles. The number of carbonyl (C=O) groups excluding carboxylic acids is 3. The third-order valence-electron chi connectivity index (χ3n) is 6.11. The lowest BCUT2D eigenvalue weighted by Crippen LogP contribution is -2.58. The summed E-state index contributed by atoms with van der Waals surface area (Å²) < 4.78 is 16.0. The van der Waals surface area contributed by atoms with Crippen LogP contribution in [0.4, 0.5) is 0 Å². The molecular formula is C21H26N2O7. The van der Waals surface area contributed by atoms with Crippen molar-refractivity contribution in [2.75, 3.05) is 40.0 Å². The van der Waals surface area contributed by atoms with Crippen LogP contribution in [0.15, 0.2) is 18.2 Å². The Hall–Kier alpha value is -2.81. The number of amides is 2. The summed E-state index contributed by atoms with van der Waals surface area (Å²) in [4.78, 5) is 45.3. The maximum Gasteiger partial charge on any atom is 0.311 e. The molecule has 0 aliphatic carbocycles. The lowest BCUT2D eigenvalue weighted by atomic mass is 9.77. The molecule has 1 aromatic rings. The second-order valence-electron chi connectivity index (χ2n) is 7.64. The summed E-state index contributed by atoms with van der Waals surface area (Å²) in [5.74, 6) is -0.170. The number of methoxy groups -OCH3 is 1. The number of hydrogen-bond donors (Lipinski definition) is 0. The number of carbonyl (C=O) groups is 3. The number of benzene rings is 1. The molecule has 2 fully saturated rings. The van der Waals surface area contributed by atoms with Crippen molar-refractivity contribution in [1.82, 2.24) is 9.96 Å². The Morgan fingerprint density at radius 1 is 1.17 bits per heavy atom. The van der Waals surface area contributed by atoms with Crippen LogP contribution >= 0.6 is 0 Å². The summed E-state index contributed by atoms with van der Waals surface area (Å²) in [6.45, 7) is 3.86. The fourth-order valence-electron chi connectivity index (χ4n) is 4.62. The minimum absolute atomic E-state index is 0.0583. The lowest BCUT2D eigenvalue weighted by molar-refractivity contribution is -0.220. The van der Waals surface area contributed by atoms with Crippen molar-refractivity contribution in [1.29, 1.82) is 0 Å². The molecule has 3 aliphatic heterocycles. The molecule has 0 N–H and O–H groups in total. The Morgan fingerprint density at radius 2 is 1.87 bits per heavy atom. The quantitative estimate of drug-likeness (QED) is 0.682. The van der Waals surface area contributed by atoms with Gasteiger partial charge in [-0.1, -0.05) is 0 Å². The van der Waals surface area contributed by atoms with Gasteiger partial charge in [0.2, 0.25) is 5.91 Å². The van der Waals surface area contributed by atoms with E-state index in [1.807, 2.05) is 0 Å². The van der Waals surface area contributed by atoms with Crippen LogP contribution in [0.25, 0.3) is 0 Å². The minimum Gasteiger partial charge on any atom is -0.486 e. The third kappa shape index (κ3) is 3.36. The zero-order valence-corrected chi connectivity index (χ0v) is 17.2. The Kier molecular flexibility index (Phi) is 5.55. The van der Waals surface area contributed by atoms with Crippen LogP contribution in [0, 0.1) is 5.92 Å². The number of piperidine rings is 1. The van der Waals surface area contributed by atoms with E-state index in [-0.39, 0.29) is 18.2 Å². The molecule has 4 rings (SSSR count). The molecule has 9 heteroatoms. The zero-order valence-electron chi connectivity index (χ0n) is 17.2. The fraction of sp³-hybridized carbons (Fsp3) is 0.571. The maximum atomic E-state index is 13.1. The summed E-state index contributed by atoms with van der Waals surface area (Å²) in [6, 6.07) is 5.17. The number of hydroxylamine groups is 2. The highest BCUT2D eigenvalue weighted by molar-refractivity contribution is 5.95. The number of hydrogen-bond acceptors (Lipinski definition) is 7. The van der Waals surface area contributed by atoms with Gasteiger partial charge in [0, 0.05) is 25.1 Å². The first-order chi connectivity index (χ1) is 14.5. The largest absolute Gasteiger partial charge is 0.486 e. The van der Waals surface area contributed by atoms with E-state index in [9.17, 15) is 14.4 Å². The highest BCUT2D eigenvalue weighted by Crippen LogP contribution is 2.44. The van der Waals surface area contributed by atoms with Crippen molar-refractivity contribution in [2.45, 2.75) is 31.7 Å². The molecule has 0 aromatic heterocycles. The third-order valence-corrected chi connectivity index (χ3v) is 6.11. The van der Waals surface area contributed by atoms with Gasteiger partial charge in [0.25, 0.3) is 5.91 Å². The molecule has 1 atom stereocenters. The van der Waals surface area contributed by atoms with E-state index < -0.39 is 17.4 Å². The Bertz CT molecular complexity index is 848. The van der Waals surface area contributed by atoms with Crippen molar-refractivity contribution in [3.05, 3.63) is 23.8 Å². The summed E-state index contributed by atoms with van der Waals surface area (Å²) >= 11 is 0. The molecule has 162 valence electrons. The number of nitrogens with zero attached hydrogens (tertiary/aromatic N) is 2. The van der Waals surface area contributed by atoms with E-state index >= 15 is 0 Å². The SMILES string of the molecule is CCON1C(=O)CC(C(=O)OC)C12CCN(C(=O)c1ccc3c(c1)OCCO3)CC2. The van der Waals surface area contributed by atoms with E-state index in [4.69, 9.17) is 19.0 Å². The topological polar surface area (TPSA) is 94.6 Å². The van der Waals surface area contributed by atoms with Crippen molar-refractivity contribution in [3.63, 3.8) is 0 Å². The Morgan fingerprint density at radius 3 is 2.53 bits per heavy atom. The molecule has 3 aliphatic rings. The van der Waals surface area contributed by atoms with E-state index in [0.717, 1.165) is 0 Å². The predicted octanol–water partition coefficient (Wildman–Crippen LogP) is 1.41. The van der Waals surface area contributed by atoms with Crippen LogP contribution < -0.4 is 9.47 Å². The molecule has 0 bridgehead atoms. The molecule has 1 unspecified atom stereocenters. The van der Waals surface area contributed by atoms with Gasteiger partial charge < -0.3 is 19.1 Å². The van der Waals surface area contributed by atoms with Gasteiger partial charge >= 0.3 is 5.97 Å². The van der Waals surface area contributed by atoms with Crippen LogP contribution in [-0.2, 0) is 19.2 Å². The summed E-state index contributed by atoms with van der Waals surface area (Å²) in [6.07, 6.45) is 0.937. The second kappa shape index (κ2) is 8.14. The lowest BCUT2D eigenvalue weighted by Gasteiger charge is -2.45. The van der Waals surface area contributed by atoms with Crippen molar-refractivity contribution in [2.24, 2.45) is 5.92 Å². The second-order valence-corrected chi connectivity index (χ2v) is 7.64. The monoisotopic (exact) mass is 418 g/mol. The smallest absolute Gasteiger partial charge is 0.311 e. The van der Waals surface area contributed by atoms with Crippen LogP contribution in [0.1, 0.15) is 36.5 Å². The van der Waals surface area contributed by atoms with Crippen molar-refractivity contribution < 1.29 is 33.4 Å². The molecule has 2 amide bonds. The molecule has 9 nitrogen and oxygen atoms in total. The molecule has 2 saturated heterocycles. The highest BCUT2D eigenvalue weighted by Gasteiger charge is 2.58. The minimum atomic E-state index is -0.788. The average Bonchev–Trinajstić information content (AvgIpc) is 3.04. The van der Waals surface area contributed by atoms with Gasteiger partial charge in [0.05, 0.1) is 25.2 Å². The number of rotatable bonds is 4. The first-order valence-corrected chi connectivity index (χ1v) is 10.2. The first kappa shape index (κ1) is 20.5. The Labute approximate surface area is 174 Å². The molecule has 1 aromatic carbocycles. The summed E-state index contributed by atoms with van der Waals surface area (Å²) in [7, 11) is 1.32. The van der Waals surface area contributed by atoms with Crippen LogP contribution in [0.3, 0.4) is 0 Å². The van der Waals surface area contributed by atoms with E-state index in [1.54, 1.807) is 30.0 Å². The molecule has 0 radical (unpaired) electrons. The van der Waals surface area contributed by atoms with Gasteiger partial charge in [-0.25, -0.2) is 5.06 Å². The highest BCUT2D eigenvalue weighted by atomic mass is 16.7. The first-order valence-electron chi connectivity index (χ1n) is 10.2. The van der Waals surface area contributed by atoms with Gasteiger partial charge in [-0.15, -0.1) is 0 Å². The van der Waals surface area contributed by atoms with E-state index in [0.29, 0.717) is 62.8 Å². The molecule has 3 heterocycles. The fourth-order valence-corrected chi connectivity index (χ4v) is 4.62. The summed E-state index contributed by atoms with van der Waals surface area (Å²) in [5.41, 5.74) is -0.270. The molecule has 1 spiro atoms. The van der Waals surface area contributed by atoms with E-state index in [1.165, 1.54) is 12.2 Å². The standard InChI is InChI=1S/C21H26N2O7/c1-3-30-23-18(24)13-15(20(26)27-2)21(23)6-8-22(9-7-21)19(25)14-4-5-16-17(12-14)29-11-10-28-16/h4-5,12,15H,3,6-11,13H2,1-2H3. The Balaban J connectivity index is 1.52. The van der Waals surface area contributed by atoms with E-state index in [2.05, 4.69) is 0 Å².